The number of aromatic hydroxyl groups is 1. The van der Waals surface area contributed by atoms with Crippen molar-refractivity contribution in [3.8, 4) is 5.75 Å². The fourth-order valence-corrected chi connectivity index (χ4v) is 5.00. The molecule has 1 aliphatic carbocycles. The number of hydrogen-bond donors (Lipinski definition) is 2. The van der Waals surface area contributed by atoms with Gasteiger partial charge >= 0.3 is 0 Å². The fourth-order valence-electron chi connectivity index (χ4n) is 3.57. The van der Waals surface area contributed by atoms with Crippen molar-refractivity contribution in [3.05, 3.63) is 53.6 Å². The summed E-state index contributed by atoms with van der Waals surface area (Å²) in [5.41, 5.74) is 0.212. The van der Waals surface area contributed by atoms with Gasteiger partial charge in [0.15, 0.2) is 0 Å². The molecule has 1 aliphatic heterocycles. The van der Waals surface area contributed by atoms with E-state index >= 15 is 0 Å². The van der Waals surface area contributed by atoms with Crippen LogP contribution in [0, 0.1) is 17.6 Å². The molecular formula is C20H20F2N2O5S. The van der Waals surface area contributed by atoms with Gasteiger partial charge in [0, 0.05) is 25.1 Å². The van der Waals surface area contributed by atoms with Crippen LogP contribution in [0.15, 0.2) is 41.3 Å². The number of phenolic OH excluding ortho intramolecular Hbond substituents is 1. The highest BCUT2D eigenvalue weighted by Crippen LogP contribution is 2.49. The monoisotopic (exact) mass is 438 g/mol. The predicted molar refractivity (Wildman–Crippen MR) is 104 cm³/mol. The second-order valence-electron chi connectivity index (χ2n) is 7.30. The van der Waals surface area contributed by atoms with Gasteiger partial charge in [0.2, 0.25) is 15.9 Å². The molecular weight excluding hydrogens is 418 g/mol. The summed E-state index contributed by atoms with van der Waals surface area (Å²) in [5.74, 6) is -3.11. The fraction of sp³-hybridized carbons (Fsp3) is 0.350. The highest BCUT2D eigenvalue weighted by atomic mass is 32.2. The average molecular weight is 438 g/mol. The first-order valence-corrected chi connectivity index (χ1v) is 10.9. The van der Waals surface area contributed by atoms with Crippen LogP contribution >= 0.6 is 0 Å². The molecule has 4 rings (SSSR count). The number of hydrogen-bond acceptors (Lipinski definition) is 5. The number of halogens is 2. The van der Waals surface area contributed by atoms with E-state index in [4.69, 9.17) is 4.74 Å². The molecule has 2 aromatic rings. The van der Waals surface area contributed by atoms with Gasteiger partial charge < -0.3 is 15.2 Å². The Morgan fingerprint density at radius 3 is 2.57 bits per heavy atom. The number of benzene rings is 2. The van der Waals surface area contributed by atoms with Gasteiger partial charge in [-0.05, 0) is 42.2 Å². The van der Waals surface area contributed by atoms with E-state index in [1.165, 1.54) is 28.6 Å². The normalized spacial score (nSPS) is 21.9. The Morgan fingerprint density at radius 2 is 1.87 bits per heavy atom. The number of ether oxygens (including phenoxy) is 1. The molecule has 30 heavy (non-hydrogen) atoms. The van der Waals surface area contributed by atoms with Crippen LogP contribution < -0.4 is 5.32 Å². The first-order valence-electron chi connectivity index (χ1n) is 9.44. The molecule has 1 saturated carbocycles. The number of morpholine rings is 1. The van der Waals surface area contributed by atoms with Crippen molar-refractivity contribution < 1.29 is 31.8 Å². The Kier molecular flexibility index (Phi) is 5.48. The number of rotatable bonds is 5. The number of nitrogens with zero attached hydrogens (tertiary/aromatic N) is 1. The molecule has 0 unspecified atom stereocenters. The van der Waals surface area contributed by atoms with Gasteiger partial charge in [-0.3, -0.25) is 4.79 Å². The number of sulfonamides is 1. The number of amides is 1. The summed E-state index contributed by atoms with van der Waals surface area (Å²) >= 11 is 0. The third-order valence-electron chi connectivity index (χ3n) is 5.32. The van der Waals surface area contributed by atoms with E-state index in [0.717, 1.165) is 12.1 Å². The van der Waals surface area contributed by atoms with Crippen LogP contribution in [-0.4, -0.2) is 50.0 Å². The molecule has 1 heterocycles. The van der Waals surface area contributed by atoms with Crippen molar-refractivity contribution in [1.29, 1.82) is 0 Å². The SMILES string of the molecule is O=C(Nc1cc(S(=O)(=O)N2CCOCC2)ccc1O)[C@H]1C[C@@H]1c1ccc(F)cc1F. The number of anilines is 1. The maximum Gasteiger partial charge on any atom is 0.243 e. The van der Waals surface area contributed by atoms with Crippen LogP contribution in [0.4, 0.5) is 14.5 Å². The average Bonchev–Trinajstić information content (AvgIpc) is 3.51. The van der Waals surface area contributed by atoms with Crippen LogP contribution in [0.5, 0.6) is 5.75 Å². The first kappa shape index (κ1) is 20.7. The van der Waals surface area contributed by atoms with Gasteiger partial charge in [-0.15, -0.1) is 0 Å². The van der Waals surface area contributed by atoms with E-state index in [2.05, 4.69) is 5.32 Å². The van der Waals surface area contributed by atoms with E-state index in [1.54, 1.807) is 0 Å². The second kappa shape index (κ2) is 7.93. The molecule has 2 fully saturated rings. The van der Waals surface area contributed by atoms with Crippen molar-refractivity contribution in [2.24, 2.45) is 5.92 Å². The van der Waals surface area contributed by atoms with E-state index < -0.39 is 39.4 Å². The molecule has 10 heteroatoms. The zero-order chi connectivity index (χ0) is 21.5. The maximum absolute atomic E-state index is 13.9. The minimum atomic E-state index is -3.80. The van der Waals surface area contributed by atoms with Gasteiger partial charge in [0.1, 0.15) is 17.4 Å². The van der Waals surface area contributed by atoms with Crippen molar-refractivity contribution in [2.75, 3.05) is 31.6 Å². The van der Waals surface area contributed by atoms with Gasteiger partial charge in [0.25, 0.3) is 0 Å². The third-order valence-corrected chi connectivity index (χ3v) is 7.22. The first-order chi connectivity index (χ1) is 14.3. The minimum absolute atomic E-state index is 0.0421. The Morgan fingerprint density at radius 1 is 1.13 bits per heavy atom. The van der Waals surface area contributed by atoms with Gasteiger partial charge in [-0.2, -0.15) is 4.31 Å². The Labute approximate surface area is 172 Å². The number of carbonyl (C=O) groups excluding carboxylic acids is 1. The lowest BCUT2D eigenvalue weighted by molar-refractivity contribution is -0.117. The van der Waals surface area contributed by atoms with E-state index in [9.17, 15) is 27.1 Å². The molecule has 2 atom stereocenters. The summed E-state index contributed by atoms with van der Waals surface area (Å²) in [7, 11) is -3.80. The van der Waals surface area contributed by atoms with Gasteiger partial charge in [-0.1, -0.05) is 6.07 Å². The van der Waals surface area contributed by atoms with Crippen molar-refractivity contribution in [1.82, 2.24) is 4.31 Å². The number of carbonyl (C=O) groups is 1. The molecule has 2 aromatic carbocycles. The molecule has 7 nitrogen and oxygen atoms in total. The Balaban J connectivity index is 1.50. The lowest BCUT2D eigenvalue weighted by Crippen LogP contribution is -2.40. The summed E-state index contributed by atoms with van der Waals surface area (Å²) in [5, 5.41) is 12.6. The summed E-state index contributed by atoms with van der Waals surface area (Å²) in [6.07, 6.45) is 0.376. The van der Waals surface area contributed by atoms with Crippen LogP contribution in [0.2, 0.25) is 0 Å². The predicted octanol–water partition coefficient (Wildman–Crippen LogP) is 2.43. The molecule has 2 aliphatic rings. The van der Waals surface area contributed by atoms with Crippen LogP contribution in [0.3, 0.4) is 0 Å². The quantitative estimate of drug-likeness (QED) is 0.699. The molecule has 0 aromatic heterocycles. The zero-order valence-corrected chi connectivity index (χ0v) is 16.7. The van der Waals surface area contributed by atoms with E-state index in [0.29, 0.717) is 19.6 Å². The standard InChI is InChI=1S/C20H20F2N2O5S/c21-12-1-3-14(17(22)9-12)15-11-16(15)20(26)23-18-10-13(2-4-19(18)25)30(27,28)24-5-7-29-8-6-24/h1-4,9-10,15-16,25H,5-8,11H2,(H,23,26)/t15-,16+/m1/s1. The molecule has 0 spiro atoms. The zero-order valence-electron chi connectivity index (χ0n) is 15.8. The molecule has 1 saturated heterocycles. The number of phenols is 1. The van der Waals surface area contributed by atoms with E-state index in [1.807, 2.05) is 0 Å². The third kappa shape index (κ3) is 4.03. The highest BCUT2D eigenvalue weighted by Gasteiger charge is 2.45. The van der Waals surface area contributed by atoms with Crippen molar-refractivity contribution >= 4 is 21.6 Å². The Hall–Kier alpha value is -2.56. The lowest BCUT2D eigenvalue weighted by atomic mass is 10.1. The van der Waals surface area contributed by atoms with Crippen LogP contribution in [-0.2, 0) is 19.6 Å². The molecule has 2 N–H and O–H groups in total. The number of nitrogens with one attached hydrogen (secondary N) is 1. The topological polar surface area (TPSA) is 95.9 Å². The van der Waals surface area contributed by atoms with Crippen molar-refractivity contribution in [2.45, 2.75) is 17.2 Å². The summed E-state index contributed by atoms with van der Waals surface area (Å²) in [4.78, 5) is 12.5. The second-order valence-corrected chi connectivity index (χ2v) is 9.24. The summed E-state index contributed by atoms with van der Waals surface area (Å²) < 4.78 is 59.0. The smallest absolute Gasteiger partial charge is 0.243 e. The maximum atomic E-state index is 13.9. The van der Waals surface area contributed by atoms with E-state index in [-0.39, 0.29) is 35.0 Å². The molecule has 0 radical (unpaired) electrons. The molecule has 0 bridgehead atoms. The van der Waals surface area contributed by atoms with Crippen molar-refractivity contribution in [3.63, 3.8) is 0 Å². The van der Waals surface area contributed by atoms with Crippen LogP contribution in [0.25, 0.3) is 0 Å². The molecule has 1 amide bonds. The summed E-state index contributed by atoms with van der Waals surface area (Å²) in [6, 6.07) is 6.89. The van der Waals surface area contributed by atoms with Gasteiger partial charge in [-0.25, -0.2) is 17.2 Å². The van der Waals surface area contributed by atoms with Crippen LogP contribution in [0.1, 0.15) is 17.9 Å². The molecule has 160 valence electrons. The summed E-state index contributed by atoms with van der Waals surface area (Å²) in [6.45, 7) is 1.03. The Bertz CT molecular complexity index is 1090. The minimum Gasteiger partial charge on any atom is -0.506 e. The van der Waals surface area contributed by atoms with Gasteiger partial charge in [0.05, 0.1) is 23.8 Å². The largest absolute Gasteiger partial charge is 0.506 e. The highest BCUT2D eigenvalue weighted by molar-refractivity contribution is 7.89. The lowest BCUT2D eigenvalue weighted by Gasteiger charge is -2.26.